The van der Waals surface area contributed by atoms with Crippen LogP contribution >= 0.6 is 0 Å². The molecule has 0 amide bonds. The van der Waals surface area contributed by atoms with Gasteiger partial charge in [0.1, 0.15) is 0 Å². The molecule has 6 heteroatoms. The van der Waals surface area contributed by atoms with Gasteiger partial charge in [-0.1, -0.05) is 13.8 Å². The van der Waals surface area contributed by atoms with E-state index in [1.54, 1.807) is 0 Å². The van der Waals surface area contributed by atoms with Gasteiger partial charge in [-0.3, -0.25) is 4.55 Å². The van der Waals surface area contributed by atoms with Gasteiger partial charge in [-0.05, 0) is 5.92 Å². The molecule has 0 heterocycles. The number of aliphatic hydroxyl groups excluding tert-OH is 1. The Hall–Kier alpha value is 0.870. The van der Waals surface area contributed by atoms with Gasteiger partial charge < -0.3 is 5.11 Å². The minimum absolute atomic E-state index is 0. The third-order valence-electron chi connectivity index (χ3n) is 0.875. The third-order valence-corrected chi connectivity index (χ3v) is 2.03. The van der Waals surface area contributed by atoms with Crippen molar-refractivity contribution in [2.24, 2.45) is 5.92 Å². The van der Waals surface area contributed by atoms with E-state index in [4.69, 9.17) is 9.66 Å². The molecular formula is C4H10NaO4S. The molecule has 1 unspecified atom stereocenters. The zero-order chi connectivity index (χ0) is 7.65. The summed E-state index contributed by atoms with van der Waals surface area (Å²) in [7, 11) is -4.25. The third kappa shape index (κ3) is 4.65. The number of hydrogen-bond acceptors (Lipinski definition) is 3. The minimum atomic E-state index is -4.25. The first-order valence-corrected chi connectivity index (χ1v) is 4.00. The molecule has 1 atom stereocenters. The number of aliphatic hydroxyl groups is 1. The van der Waals surface area contributed by atoms with Crippen LogP contribution in [-0.4, -0.2) is 53.1 Å². The van der Waals surface area contributed by atoms with Gasteiger partial charge in [0.05, 0.1) is 0 Å². The molecule has 1 radical (unpaired) electrons. The van der Waals surface area contributed by atoms with Crippen LogP contribution in [0.1, 0.15) is 13.8 Å². The van der Waals surface area contributed by atoms with Crippen LogP contribution in [0.2, 0.25) is 0 Å². The Kier molecular flexibility index (Phi) is 6.31. The molecule has 0 spiro atoms. The van der Waals surface area contributed by atoms with Crippen molar-refractivity contribution in [3.63, 3.8) is 0 Å². The molecule has 10 heavy (non-hydrogen) atoms. The molecular weight excluding hydrogens is 167 g/mol. The molecule has 4 nitrogen and oxygen atoms in total. The van der Waals surface area contributed by atoms with Crippen LogP contribution in [0.25, 0.3) is 0 Å². The topological polar surface area (TPSA) is 74.6 Å². The summed E-state index contributed by atoms with van der Waals surface area (Å²) in [6.07, 6.45) is 0. The van der Waals surface area contributed by atoms with Crippen molar-refractivity contribution in [3.05, 3.63) is 0 Å². The molecule has 0 bridgehead atoms. The molecule has 0 aromatic heterocycles. The van der Waals surface area contributed by atoms with Crippen LogP contribution in [0.3, 0.4) is 0 Å². The minimum Gasteiger partial charge on any atom is -0.375 e. The first-order valence-electron chi connectivity index (χ1n) is 2.50. The van der Waals surface area contributed by atoms with Gasteiger partial charge in [0, 0.05) is 29.6 Å². The Labute approximate surface area is 82.7 Å². The molecule has 0 aliphatic rings. The Balaban J connectivity index is 0. The second-order valence-electron chi connectivity index (χ2n) is 2.15. The Morgan fingerprint density at radius 1 is 1.30 bits per heavy atom. The summed E-state index contributed by atoms with van der Waals surface area (Å²) in [5.41, 5.74) is -1.66. The predicted octanol–water partition coefficient (Wildman–Crippen LogP) is -0.532. The maximum Gasteiger partial charge on any atom is 0.292 e. The quantitative estimate of drug-likeness (QED) is 0.439. The van der Waals surface area contributed by atoms with Crippen LogP contribution in [-0.2, 0) is 10.1 Å². The van der Waals surface area contributed by atoms with Gasteiger partial charge in [-0.25, -0.2) is 0 Å². The smallest absolute Gasteiger partial charge is 0.292 e. The van der Waals surface area contributed by atoms with E-state index in [0.717, 1.165) is 0 Å². The van der Waals surface area contributed by atoms with E-state index in [1.165, 1.54) is 13.8 Å². The van der Waals surface area contributed by atoms with Crippen LogP contribution in [0.15, 0.2) is 0 Å². The van der Waals surface area contributed by atoms with Crippen LogP contribution in [0, 0.1) is 5.92 Å². The zero-order valence-electron chi connectivity index (χ0n) is 6.27. The van der Waals surface area contributed by atoms with Gasteiger partial charge in [0.25, 0.3) is 10.1 Å². The van der Waals surface area contributed by atoms with Crippen molar-refractivity contribution in [3.8, 4) is 0 Å². The molecule has 2 N–H and O–H groups in total. The van der Waals surface area contributed by atoms with E-state index in [-0.39, 0.29) is 29.6 Å². The first kappa shape index (κ1) is 13.5. The second kappa shape index (κ2) is 4.69. The van der Waals surface area contributed by atoms with Crippen molar-refractivity contribution in [1.82, 2.24) is 0 Å². The number of hydrogen-bond donors (Lipinski definition) is 2. The molecule has 57 valence electrons. The summed E-state index contributed by atoms with van der Waals surface area (Å²) >= 11 is 0. The van der Waals surface area contributed by atoms with Crippen molar-refractivity contribution < 1.29 is 18.1 Å². The van der Waals surface area contributed by atoms with Gasteiger partial charge in [-0.15, -0.1) is 0 Å². The molecule has 0 aliphatic carbocycles. The van der Waals surface area contributed by atoms with Gasteiger partial charge in [-0.2, -0.15) is 8.42 Å². The molecule has 0 aliphatic heterocycles. The normalized spacial score (nSPS) is 14.5. The summed E-state index contributed by atoms with van der Waals surface area (Å²) in [6.45, 7) is 3.00. The number of rotatable bonds is 2. The summed E-state index contributed by atoms with van der Waals surface area (Å²) in [5, 5.41) is 8.62. The zero-order valence-corrected chi connectivity index (χ0v) is 9.09. The fourth-order valence-corrected chi connectivity index (χ4v) is 1.03. The maximum absolute atomic E-state index is 10.1. The largest absolute Gasteiger partial charge is 0.375 e. The Morgan fingerprint density at radius 2 is 1.60 bits per heavy atom. The van der Waals surface area contributed by atoms with E-state index >= 15 is 0 Å². The summed E-state index contributed by atoms with van der Waals surface area (Å²) in [5.74, 6) is -0.472. The van der Waals surface area contributed by atoms with Gasteiger partial charge in [0.15, 0.2) is 5.44 Å². The van der Waals surface area contributed by atoms with Crippen molar-refractivity contribution in [1.29, 1.82) is 0 Å². The summed E-state index contributed by atoms with van der Waals surface area (Å²) < 4.78 is 28.3. The monoisotopic (exact) mass is 177 g/mol. The van der Waals surface area contributed by atoms with Gasteiger partial charge >= 0.3 is 0 Å². The molecule has 0 saturated heterocycles. The molecule has 0 aromatic rings. The van der Waals surface area contributed by atoms with E-state index in [1.807, 2.05) is 0 Å². The molecule has 0 fully saturated rings. The standard InChI is InChI=1S/C4H10O4S.Na/c1-3(2)4(5)9(6,7)8;/h3-5H,1-2H3,(H,6,7,8);. The van der Waals surface area contributed by atoms with Crippen molar-refractivity contribution in [2.75, 3.05) is 0 Å². The summed E-state index contributed by atoms with van der Waals surface area (Å²) in [4.78, 5) is 0. The predicted molar refractivity (Wildman–Crippen MR) is 38.1 cm³/mol. The molecule has 0 aromatic carbocycles. The Morgan fingerprint density at radius 3 is 1.60 bits per heavy atom. The first-order chi connectivity index (χ1) is 3.85. The molecule has 0 rings (SSSR count). The van der Waals surface area contributed by atoms with Crippen LogP contribution < -0.4 is 0 Å². The van der Waals surface area contributed by atoms with E-state index in [0.29, 0.717) is 0 Å². The van der Waals surface area contributed by atoms with E-state index in [9.17, 15) is 8.42 Å². The van der Waals surface area contributed by atoms with Crippen LogP contribution in [0.4, 0.5) is 0 Å². The SMILES string of the molecule is CC(C)C(O)S(=O)(=O)O.[Na]. The van der Waals surface area contributed by atoms with E-state index < -0.39 is 21.5 Å². The summed E-state index contributed by atoms with van der Waals surface area (Å²) in [6, 6.07) is 0. The second-order valence-corrected chi connectivity index (χ2v) is 3.66. The van der Waals surface area contributed by atoms with Crippen molar-refractivity contribution >= 4 is 39.7 Å². The fraction of sp³-hybridized carbons (Fsp3) is 1.00. The average Bonchev–Trinajstić information content (AvgIpc) is 1.62. The Bertz CT molecular complexity index is 174. The van der Waals surface area contributed by atoms with Crippen LogP contribution in [0.5, 0.6) is 0 Å². The van der Waals surface area contributed by atoms with E-state index in [2.05, 4.69) is 0 Å². The maximum atomic E-state index is 10.1. The van der Waals surface area contributed by atoms with Gasteiger partial charge in [0.2, 0.25) is 0 Å². The fourth-order valence-electron chi connectivity index (χ4n) is 0.344. The van der Waals surface area contributed by atoms with Crippen molar-refractivity contribution in [2.45, 2.75) is 19.3 Å². The average molecular weight is 177 g/mol. The molecule has 0 saturated carbocycles.